The van der Waals surface area contributed by atoms with E-state index in [1.54, 1.807) is 11.3 Å². The van der Waals surface area contributed by atoms with Gasteiger partial charge in [-0.1, -0.05) is 0 Å². The van der Waals surface area contributed by atoms with Crippen LogP contribution in [0.1, 0.15) is 16.1 Å². The molecule has 2 aliphatic heterocycles. The number of nitrogen functional groups attached to an aromatic ring is 1. The van der Waals surface area contributed by atoms with Gasteiger partial charge in [-0.25, -0.2) is 15.0 Å². The molecule has 0 spiro atoms. The topological polar surface area (TPSA) is 80.4 Å². The molecular formula is C15H20N6OS. The average Bonchev–Trinajstić information content (AvgIpc) is 3.04. The van der Waals surface area contributed by atoms with E-state index in [-0.39, 0.29) is 0 Å². The molecule has 2 aromatic rings. The van der Waals surface area contributed by atoms with Crippen molar-refractivity contribution >= 4 is 22.4 Å². The number of fused-ring (bicyclic) bond motifs is 1. The number of rotatable bonds is 3. The van der Waals surface area contributed by atoms with E-state index in [4.69, 9.17) is 10.5 Å². The van der Waals surface area contributed by atoms with Gasteiger partial charge in [0.15, 0.2) is 5.13 Å². The summed E-state index contributed by atoms with van der Waals surface area (Å²) in [5.74, 6) is 0.370. The van der Waals surface area contributed by atoms with Crippen LogP contribution in [0.2, 0.25) is 0 Å². The van der Waals surface area contributed by atoms with E-state index in [0.29, 0.717) is 5.95 Å². The molecule has 0 atom stereocenters. The van der Waals surface area contributed by atoms with Crippen molar-refractivity contribution in [1.82, 2.24) is 19.9 Å². The van der Waals surface area contributed by atoms with Gasteiger partial charge in [0.2, 0.25) is 5.95 Å². The second-order valence-corrected chi connectivity index (χ2v) is 6.96. The summed E-state index contributed by atoms with van der Waals surface area (Å²) >= 11 is 1.78. The first-order valence-corrected chi connectivity index (χ1v) is 8.69. The summed E-state index contributed by atoms with van der Waals surface area (Å²) in [7, 11) is 0. The summed E-state index contributed by atoms with van der Waals surface area (Å²) in [6.07, 6.45) is 4.79. The van der Waals surface area contributed by atoms with Crippen LogP contribution in [0, 0.1) is 0 Å². The molecule has 2 N–H and O–H groups in total. The highest BCUT2D eigenvalue weighted by atomic mass is 32.1. The minimum atomic E-state index is 0.370. The van der Waals surface area contributed by atoms with Gasteiger partial charge in [0.05, 0.1) is 18.9 Å². The van der Waals surface area contributed by atoms with Crippen molar-refractivity contribution in [2.24, 2.45) is 0 Å². The normalized spacial score (nSPS) is 18.9. The number of anilines is 2. The Labute approximate surface area is 139 Å². The molecule has 0 amide bonds. The van der Waals surface area contributed by atoms with Gasteiger partial charge in [-0.15, -0.1) is 11.3 Å². The predicted molar refractivity (Wildman–Crippen MR) is 89.4 cm³/mol. The standard InChI is InChI=1S/C15H20N6OS/c16-14-17-7-11-9-20(2-1-13(11)19-14)10-12-8-18-15(23-12)21-3-5-22-6-4-21/h7-8H,1-6,9-10H2,(H2,16,17,19). The van der Waals surface area contributed by atoms with Crippen LogP contribution in [-0.4, -0.2) is 52.7 Å². The maximum absolute atomic E-state index is 5.66. The average molecular weight is 332 g/mol. The highest BCUT2D eigenvalue weighted by molar-refractivity contribution is 7.15. The SMILES string of the molecule is Nc1ncc2c(n1)CCN(Cc1cnc(N3CCOCC3)s1)C2. The molecule has 0 saturated carbocycles. The number of aromatic nitrogens is 3. The Hall–Kier alpha value is -1.77. The summed E-state index contributed by atoms with van der Waals surface area (Å²) in [5.41, 5.74) is 7.93. The number of ether oxygens (including phenoxy) is 1. The van der Waals surface area contributed by atoms with Gasteiger partial charge in [0.25, 0.3) is 0 Å². The van der Waals surface area contributed by atoms with Crippen molar-refractivity contribution in [3.8, 4) is 0 Å². The minimum absolute atomic E-state index is 0.370. The lowest BCUT2D eigenvalue weighted by Crippen LogP contribution is -2.36. The number of morpholine rings is 1. The second kappa shape index (κ2) is 6.38. The van der Waals surface area contributed by atoms with Crippen LogP contribution in [0.4, 0.5) is 11.1 Å². The Morgan fingerprint density at radius 1 is 1.17 bits per heavy atom. The Balaban J connectivity index is 1.41. The Morgan fingerprint density at radius 3 is 2.91 bits per heavy atom. The van der Waals surface area contributed by atoms with Crippen molar-refractivity contribution < 1.29 is 4.74 Å². The predicted octanol–water partition coefficient (Wildman–Crippen LogP) is 0.910. The Bertz CT molecular complexity index is 684. The van der Waals surface area contributed by atoms with Gasteiger partial charge in [0.1, 0.15) is 0 Å². The highest BCUT2D eigenvalue weighted by Crippen LogP contribution is 2.26. The molecule has 4 rings (SSSR count). The van der Waals surface area contributed by atoms with Crippen molar-refractivity contribution in [3.63, 3.8) is 0 Å². The van der Waals surface area contributed by atoms with E-state index >= 15 is 0 Å². The van der Waals surface area contributed by atoms with Crippen LogP contribution in [0.5, 0.6) is 0 Å². The largest absolute Gasteiger partial charge is 0.378 e. The lowest BCUT2D eigenvalue weighted by molar-refractivity contribution is 0.122. The van der Waals surface area contributed by atoms with E-state index in [2.05, 4.69) is 24.8 Å². The zero-order valence-electron chi connectivity index (χ0n) is 12.9. The molecule has 23 heavy (non-hydrogen) atoms. The second-order valence-electron chi connectivity index (χ2n) is 5.87. The number of nitrogens with two attached hydrogens (primary N) is 1. The Morgan fingerprint density at radius 2 is 2.04 bits per heavy atom. The lowest BCUT2D eigenvalue weighted by Gasteiger charge is -2.27. The van der Waals surface area contributed by atoms with E-state index in [9.17, 15) is 0 Å². The minimum Gasteiger partial charge on any atom is -0.378 e. The molecule has 1 fully saturated rings. The maximum atomic E-state index is 5.66. The first-order chi connectivity index (χ1) is 11.3. The fourth-order valence-electron chi connectivity index (χ4n) is 3.02. The van der Waals surface area contributed by atoms with Gasteiger partial charge in [-0.3, -0.25) is 4.90 Å². The third kappa shape index (κ3) is 3.29. The third-order valence-electron chi connectivity index (χ3n) is 4.23. The monoisotopic (exact) mass is 332 g/mol. The van der Waals surface area contributed by atoms with E-state index in [1.807, 2.05) is 12.4 Å². The van der Waals surface area contributed by atoms with Crippen molar-refractivity contribution in [3.05, 3.63) is 28.5 Å². The molecule has 8 heteroatoms. The molecule has 2 aromatic heterocycles. The third-order valence-corrected chi connectivity index (χ3v) is 5.28. The zero-order chi connectivity index (χ0) is 15.6. The molecule has 0 aromatic carbocycles. The molecule has 0 unspecified atom stereocenters. The van der Waals surface area contributed by atoms with Crippen LogP contribution < -0.4 is 10.6 Å². The Kier molecular flexibility index (Phi) is 4.11. The molecule has 0 bridgehead atoms. The molecule has 1 saturated heterocycles. The van der Waals surface area contributed by atoms with E-state index in [0.717, 1.165) is 63.2 Å². The van der Waals surface area contributed by atoms with E-state index in [1.165, 1.54) is 10.4 Å². The number of hydrogen-bond donors (Lipinski definition) is 1. The fourth-order valence-corrected chi connectivity index (χ4v) is 4.02. The molecule has 0 radical (unpaired) electrons. The maximum Gasteiger partial charge on any atom is 0.220 e. The van der Waals surface area contributed by atoms with E-state index < -0.39 is 0 Å². The summed E-state index contributed by atoms with van der Waals surface area (Å²) in [6.45, 7) is 6.24. The van der Waals surface area contributed by atoms with Crippen LogP contribution in [0.15, 0.2) is 12.4 Å². The quantitative estimate of drug-likeness (QED) is 0.895. The molecule has 122 valence electrons. The highest BCUT2D eigenvalue weighted by Gasteiger charge is 2.20. The van der Waals surface area contributed by atoms with Crippen LogP contribution in [-0.2, 0) is 24.2 Å². The molecule has 7 nitrogen and oxygen atoms in total. The molecule has 2 aliphatic rings. The van der Waals surface area contributed by atoms with Crippen molar-refractivity contribution in [2.45, 2.75) is 19.5 Å². The van der Waals surface area contributed by atoms with Crippen molar-refractivity contribution in [1.29, 1.82) is 0 Å². The van der Waals surface area contributed by atoms with Crippen LogP contribution >= 0.6 is 11.3 Å². The molecule has 0 aliphatic carbocycles. The summed E-state index contributed by atoms with van der Waals surface area (Å²) < 4.78 is 5.40. The van der Waals surface area contributed by atoms with Crippen LogP contribution in [0.3, 0.4) is 0 Å². The number of thiazole rings is 1. The number of hydrogen-bond acceptors (Lipinski definition) is 8. The van der Waals surface area contributed by atoms with Gasteiger partial charge < -0.3 is 15.4 Å². The first kappa shape index (κ1) is 14.8. The van der Waals surface area contributed by atoms with Crippen molar-refractivity contribution in [2.75, 3.05) is 43.5 Å². The van der Waals surface area contributed by atoms with Gasteiger partial charge in [-0.05, 0) is 0 Å². The zero-order valence-corrected chi connectivity index (χ0v) is 13.8. The molecule has 4 heterocycles. The smallest absolute Gasteiger partial charge is 0.220 e. The first-order valence-electron chi connectivity index (χ1n) is 7.88. The lowest BCUT2D eigenvalue weighted by atomic mass is 10.1. The van der Waals surface area contributed by atoms with Crippen LogP contribution in [0.25, 0.3) is 0 Å². The van der Waals surface area contributed by atoms with Gasteiger partial charge in [-0.2, -0.15) is 0 Å². The summed E-state index contributed by atoms with van der Waals surface area (Å²) in [6, 6.07) is 0. The number of nitrogens with zero attached hydrogens (tertiary/aromatic N) is 5. The van der Waals surface area contributed by atoms with Gasteiger partial charge >= 0.3 is 0 Å². The van der Waals surface area contributed by atoms with Gasteiger partial charge in [0, 0.05) is 62.0 Å². The fraction of sp³-hybridized carbons (Fsp3) is 0.533. The molecular weight excluding hydrogens is 312 g/mol. The summed E-state index contributed by atoms with van der Waals surface area (Å²) in [4.78, 5) is 19.0. The summed E-state index contributed by atoms with van der Waals surface area (Å²) in [5, 5.41) is 1.11.